The molecule has 0 radical (unpaired) electrons. The maximum Gasteiger partial charge on any atom is 0.262 e. The summed E-state index contributed by atoms with van der Waals surface area (Å²) in [5, 5.41) is 2.36. The Morgan fingerprint density at radius 1 is 1.36 bits per heavy atom. The molecule has 2 rings (SSSR count). The Bertz CT molecular complexity index is 635. The van der Waals surface area contributed by atoms with Gasteiger partial charge in [0.05, 0.1) is 0 Å². The highest BCUT2D eigenvalue weighted by Gasteiger charge is 2.30. The lowest BCUT2D eigenvalue weighted by molar-refractivity contribution is -0.121. The van der Waals surface area contributed by atoms with Crippen molar-refractivity contribution < 1.29 is 9.59 Å². The average Bonchev–Trinajstić information content (AvgIpc) is 2.78. The lowest BCUT2D eigenvalue weighted by atomic mass is 10.1. The van der Waals surface area contributed by atoms with E-state index in [-0.39, 0.29) is 23.5 Å². The minimum atomic E-state index is -0.590. The molecule has 2 amide bonds. The standard InChI is InChI=1S/C14H17N5O2S/c1-2-8-3-5-9(6-4-8)17-11(20)7-10-12(21)18-14(22-10)19-13(15)16/h3-6,10H,2,7H2,1H3,(H,17,20)(H4,15,16,18,19,21)/t10-/m1/s1. The topological polar surface area (TPSA) is 123 Å². The van der Waals surface area contributed by atoms with Crippen LogP contribution in [0, 0.1) is 0 Å². The number of nitrogens with one attached hydrogen (secondary N) is 1. The number of amidine groups is 1. The molecule has 0 unspecified atom stereocenters. The van der Waals surface area contributed by atoms with Gasteiger partial charge in [0.25, 0.3) is 5.91 Å². The third-order valence-electron chi connectivity index (χ3n) is 2.97. The summed E-state index contributed by atoms with van der Waals surface area (Å²) in [5.74, 6) is -0.821. The normalized spacial score (nSPS) is 17.0. The van der Waals surface area contributed by atoms with E-state index in [2.05, 4.69) is 22.2 Å². The van der Waals surface area contributed by atoms with Crippen molar-refractivity contribution in [3.05, 3.63) is 29.8 Å². The SMILES string of the molecule is CCc1ccc(NC(=O)C[C@H]2SC(N=C(N)N)=NC2=O)cc1. The van der Waals surface area contributed by atoms with Crippen molar-refractivity contribution in [2.45, 2.75) is 25.0 Å². The van der Waals surface area contributed by atoms with E-state index in [4.69, 9.17) is 11.5 Å². The van der Waals surface area contributed by atoms with Gasteiger partial charge in [-0.05, 0) is 24.1 Å². The molecule has 1 aromatic carbocycles. The van der Waals surface area contributed by atoms with Crippen LogP contribution >= 0.6 is 11.8 Å². The van der Waals surface area contributed by atoms with E-state index < -0.39 is 11.2 Å². The number of amides is 2. The zero-order valence-corrected chi connectivity index (χ0v) is 12.9. The second-order valence-corrected chi connectivity index (χ2v) is 5.85. The number of aryl methyl sites for hydroxylation is 1. The van der Waals surface area contributed by atoms with E-state index in [9.17, 15) is 9.59 Å². The fourth-order valence-corrected chi connectivity index (χ4v) is 2.81. The van der Waals surface area contributed by atoms with Gasteiger partial charge in [0, 0.05) is 12.1 Å². The molecule has 0 aliphatic carbocycles. The summed E-state index contributed by atoms with van der Waals surface area (Å²) in [6, 6.07) is 7.57. The van der Waals surface area contributed by atoms with Gasteiger partial charge in [-0.1, -0.05) is 30.8 Å². The molecule has 7 nitrogen and oxygen atoms in total. The van der Waals surface area contributed by atoms with Crippen molar-refractivity contribution >= 4 is 40.4 Å². The van der Waals surface area contributed by atoms with Gasteiger partial charge in [0.2, 0.25) is 5.91 Å². The lowest BCUT2D eigenvalue weighted by Gasteiger charge is -2.08. The molecule has 0 aromatic heterocycles. The lowest BCUT2D eigenvalue weighted by Crippen LogP contribution is -2.23. The van der Waals surface area contributed by atoms with Crippen LogP contribution in [0.5, 0.6) is 0 Å². The first kappa shape index (κ1) is 16.0. The van der Waals surface area contributed by atoms with Gasteiger partial charge in [-0.3, -0.25) is 9.59 Å². The maximum absolute atomic E-state index is 12.0. The largest absolute Gasteiger partial charge is 0.370 e. The molecule has 5 N–H and O–H groups in total. The molecule has 0 fully saturated rings. The van der Waals surface area contributed by atoms with Gasteiger partial charge >= 0.3 is 0 Å². The Balaban J connectivity index is 1.90. The molecule has 22 heavy (non-hydrogen) atoms. The quantitative estimate of drug-likeness (QED) is 0.561. The number of hydrogen-bond donors (Lipinski definition) is 3. The number of hydrogen-bond acceptors (Lipinski definition) is 4. The van der Waals surface area contributed by atoms with Crippen LogP contribution in [0.25, 0.3) is 0 Å². The van der Waals surface area contributed by atoms with Crippen molar-refractivity contribution in [3.63, 3.8) is 0 Å². The minimum absolute atomic E-state index is 0.0199. The van der Waals surface area contributed by atoms with Gasteiger partial charge in [0.1, 0.15) is 5.25 Å². The second kappa shape index (κ2) is 7.08. The highest BCUT2D eigenvalue weighted by atomic mass is 32.2. The van der Waals surface area contributed by atoms with Crippen LogP contribution in [0.3, 0.4) is 0 Å². The molecular weight excluding hydrogens is 302 g/mol. The molecule has 8 heteroatoms. The van der Waals surface area contributed by atoms with Crippen LogP contribution in [0.1, 0.15) is 18.9 Å². The van der Waals surface area contributed by atoms with E-state index in [1.54, 1.807) is 0 Å². The van der Waals surface area contributed by atoms with E-state index in [0.717, 1.165) is 18.2 Å². The zero-order chi connectivity index (χ0) is 16.1. The molecule has 1 atom stereocenters. The predicted octanol–water partition coefficient (Wildman–Crippen LogP) is 0.849. The fourth-order valence-electron chi connectivity index (χ4n) is 1.87. The summed E-state index contributed by atoms with van der Waals surface area (Å²) in [6.07, 6.45) is 0.957. The molecule has 0 saturated heterocycles. The highest BCUT2D eigenvalue weighted by Crippen LogP contribution is 2.26. The minimum Gasteiger partial charge on any atom is -0.370 e. The highest BCUT2D eigenvalue weighted by molar-refractivity contribution is 8.15. The van der Waals surface area contributed by atoms with Crippen LogP contribution in [0.4, 0.5) is 5.69 Å². The number of nitrogens with zero attached hydrogens (tertiary/aromatic N) is 2. The van der Waals surface area contributed by atoms with Crippen molar-refractivity contribution in [2.24, 2.45) is 21.5 Å². The van der Waals surface area contributed by atoms with Gasteiger partial charge < -0.3 is 16.8 Å². The summed E-state index contributed by atoms with van der Waals surface area (Å²) in [7, 11) is 0. The van der Waals surface area contributed by atoms with Crippen molar-refractivity contribution in [1.82, 2.24) is 0 Å². The third-order valence-corrected chi connectivity index (χ3v) is 4.02. The van der Waals surface area contributed by atoms with Gasteiger partial charge in [-0.15, -0.1) is 0 Å². The van der Waals surface area contributed by atoms with Crippen molar-refractivity contribution in [2.75, 3.05) is 5.32 Å². The molecule has 1 heterocycles. The first-order valence-corrected chi connectivity index (χ1v) is 7.63. The first-order valence-electron chi connectivity index (χ1n) is 6.75. The number of aliphatic imine (C=N–C) groups is 2. The average molecular weight is 319 g/mol. The number of carbonyl (C=O) groups is 2. The monoisotopic (exact) mass is 319 g/mol. The molecule has 1 aliphatic heterocycles. The van der Waals surface area contributed by atoms with E-state index in [1.165, 1.54) is 5.56 Å². The van der Waals surface area contributed by atoms with Crippen molar-refractivity contribution in [1.29, 1.82) is 0 Å². The number of benzene rings is 1. The Morgan fingerprint density at radius 2 is 2.05 bits per heavy atom. The summed E-state index contributed by atoms with van der Waals surface area (Å²) in [6.45, 7) is 2.06. The van der Waals surface area contributed by atoms with Crippen LogP contribution in [0.2, 0.25) is 0 Å². The summed E-state index contributed by atoms with van der Waals surface area (Å²) < 4.78 is 0. The van der Waals surface area contributed by atoms with E-state index in [0.29, 0.717) is 5.69 Å². The number of anilines is 1. The molecule has 1 aromatic rings. The Kier molecular flexibility index (Phi) is 5.16. The molecule has 0 saturated carbocycles. The molecule has 0 bridgehead atoms. The number of thioether (sulfide) groups is 1. The Labute approximate surface area is 132 Å². The van der Waals surface area contributed by atoms with Crippen LogP contribution in [-0.2, 0) is 16.0 Å². The Hall–Kier alpha value is -2.35. The van der Waals surface area contributed by atoms with Gasteiger partial charge in [0.15, 0.2) is 11.1 Å². The third kappa shape index (κ3) is 4.32. The zero-order valence-electron chi connectivity index (χ0n) is 12.1. The molecule has 116 valence electrons. The number of guanidine groups is 1. The predicted molar refractivity (Wildman–Crippen MR) is 88.7 cm³/mol. The number of carbonyl (C=O) groups excluding carboxylic acids is 2. The fraction of sp³-hybridized carbons (Fsp3) is 0.286. The van der Waals surface area contributed by atoms with E-state index in [1.807, 2.05) is 24.3 Å². The van der Waals surface area contributed by atoms with Crippen LogP contribution in [0.15, 0.2) is 34.3 Å². The number of nitrogens with two attached hydrogens (primary N) is 2. The van der Waals surface area contributed by atoms with Crippen LogP contribution in [-0.4, -0.2) is 28.2 Å². The molecular formula is C14H17N5O2S. The van der Waals surface area contributed by atoms with Gasteiger partial charge in [-0.25, -0.2) is 0 Å². The van der Waals surface area contributed by atoms with E-state index >= 15 is 0 Å². The van der Waals surface area contributed by atoms with Gasteiger partial charge in [-0.2, -0.15) is 9.98 Å². The van der Waals surface area contributed by atoms with Crippen molar-refractivity contribution in [3.8, 4) is 0 Å². The van der Waals surface area contributed by atoms with Crippen LogP contribution < -0.4 is 16.8 Å². The summed E-state index contributed by atoms with van der Waals surface area (Å²) in [5.41, 5.74) is 12.4. The summed E-state index contributed by atoms with van der Waals surface area (Å²) >= 11 is 1.08. The smallest absolute Gasteiger partial charge is 0.262 e. The molecule has 1 aliphatic rings. The molecule has 0 spiro atoms. The summed E-state index contributed by atoms with van der Waals surface area (Å²) in [4.78, 5) is 31.1. The maximum atomic E-state index is 12.0. The number of rotatable bonds is 4. The Morgan fingerprint density at radius 3 is 2.64 bits per heavy atom. The second-order valence-electron chi connectivity index (χ2n) is 4.68. The first-order chi connectivity index (χ1) is 10.5.